The molecule has 0 amide bonds. The highest BCUT2D eigenvalue weighted by Gasteiger charge is 2.28. The summed E-state index contributed by atoms with van der Waals surface area (Å²) in [5.74, 6) is 0. The molecule has 0 aliphatic carbocycles. The molecule has 4 saturated heterocycles. The first-order valence-corrected chi connectivity index (χ1v) is 15.8. The topological polar surface area (TPSA) is 88.6 Å². The van der Waals surface area contributed by atoms with E-state index in [0.717, 1.165) is 63.2 Å². The van der Waals surface area contributed by atoms with Gasteiger partial charge in [0, 0.05) is 120 Å². The van der Waals surface area contributed by atoms with Crippen molar-refractivity contribution in [2.24, 2.45) is 0 Å². The van der Waals surface area contributed by atoms with Crippen molar-refractivity contribution in [2.45, 2.75) is 37.8 Å². The minimum absolute atomic E-state index is 0.163. The summed E-state index contributed by atoms with van der Waals surface area (Å²) in [4.78, 5) is 25.4. The van der Waals surface area contributed by atoms with Gasteiger partial charge in [0.05, 0.1) is 4.92 Å². The van der Waals surface area contributed by atoms with Gasteiger partial charge in [-0.05, 0) is 76.2 Å². The molecule has 10 heteroatoms. The number of nitrogens with zero attached hydrogens (tertiary/aromatic N) is 7. The van der Waals surface area contributed by atoms with E-state index >= 15 is 0 Å². The summed E-state index contributed by atoms with van der Waals surface area (Å²) in [6, 6.07) is 16.6. The van der Waals surface area contributed by atoms with Crippen molar-refractivity contribution < 1.29 is 4.92 Å². The SMILES string of the molecule is CN1CCN(C2CCCN(c3ccc(N)cc3)C2)CC1.CN1CCN(C2CCCN(c3ccc([N+](=O)[O-])cc3)C2)CC1. The van der Waals surface area contributed by atoms with Crippen molar-refractivity contribution in [2.75, 3.05) is 108 Å². The zero-order chi connectivity index (χ0) is 29.5. The second kappa shape index (κ2) is 14.5. The Morgan fingerprint density at radius 2 is 1.05 bits per heavy atom. The average molecular weight is 579 g/mol. The largest absolute Gasteiger partial charge is 0.399 e. The molecule has 2 atom stereocenters. The second-order valence-corrected chi connectivity index (χ2v) is 12.5. The Morgan fingerprint density at radius 1 is 0.643 bits per heavy atom. The number of piperazine rings is 2. The van der Waals surface area contributed by atoms with Gasteiger partial charge in [0.25, 0.3) is 5.69 Å². The number of rotatable bonds is 5. The Balaban J connectivity index is 0.000000169. The number of nitro groups is 1. The third-order valence-corrected chi connectivity index (χ3v) is 9.59. The molecule has 230 valence electrons. The molecule has 0 radical (unpaired) electrons. The van der Waals surface area contributed by atoms with Crippen molar-refractivity contribution in [3.05, 3.63) is 58.6 Å². The van der Waals surface area contributed by atoms with Crippen LogP contribution in [0.1, 0.15) is 25.7 Å². The van der Waals surface area contributed by atoms with Gasteiger partial charge in [-0.25, -0.2) is 0 Å². The van der Waals surface area contributed by atoms with Gasteiger partial charge in [0.2, 0.25) is 0 Å². The van der Waals surface area contributed by atoms with Crippen LogP contribution < -0.4 is 15.5 Å². The fourth-order valence-electron chi connectivity index (χ4n) is 6.82. The van der Waals surface area contributed by atoms with E-state index in [4.69, 9.17) is 5.73 Å². The number of benzene rings is 2. The van der Waals surface area contributed by atoms with Gasteiger partial charge < -0.3 is 25.3 Å². The normalized spacial score (nSPS) is 25.1. The molecule has 2 aromatic carbocycles. The Labute approximate surface area is 251 Å². The molecule has 0 saturated carbocycles. The molecule has 0 spiro atoms. The predicted octanol–water partition coefficient (Wildman–Crippen LogP) is 3.30. The number of nitrogen functional groups attached to an aromatic ring is 1. The lowest BCUT2D eigenvalue weighted by Gasteiger charge is -2.43. The zero-order valence-electron chi connectivity index (χ0n) is 25.6. The summed E-state index contributed by atoms with van der Waals surface area (Å²) in [6.45, 7) is 13.8. The summed E-state index contributed by atoms with van der Waals surface area (Å²) in [7, 11) is 4.40. The van der Waals surface area contributed by atoms with E-state index in [-0.39, 0.29) is 10.6 Å². The van der Waals surface area contributed by atoms with E-state index in [2.05, 4.69) is 55.6 Å². The molecular formula is C32H50N8O2. The first-order chi connectivity index (χ1) is 20.4. The zero-order valence-corrected chi connectivity index (χ0v) is 25.6. The molecule has 2 N–H and O–H groups in total. The van der Waals surface area contributed by atoms with Gasteiger partial charge in [-0.2, -0.15) is 0 Å². The molecular weight excluding hydrogens is 528 g/mol. The van der Waals surface area contributed by atoms with E-state index in [1.807, 2.05) is 24.3 Å². The summed E-state index contributed by atoms with van der Waals surface area (Å²) >= 11 is 0. The summed E-state index contributed by atoms with van der Waals surface area (Å²) < 4.78 is 0. The number of hydrogen-bond donors (Lipinski definition) is 1. The minimum Gasteiger partial charge on any atom is -0.399 e. The van der Waals surface area contributed by atoms with Crippen LogP contribution in [-0.2, 0) is 0 Å². The van der Waals surface area contributed by atoms with Crippen molar-refractivity contribution in [1.29, 1.82) is 0 Å². The lowest BCUT2D eigenvalue weighted by atomic mass is 10.0. The molecule has 4 aliphatic rings. The summed E-state index contributed by atoms with van der Waals surface area (Å²) in [6.07, 6.45) is 5.08. The minimum atomic E-state index is -0.340. The van der Waals surface area contributed by atoms with Crippen LogP contribution in [0.4, 0.5) is 22.7 Å². The number of anilines is 3. The predicted molar refractivity (Wildman–Crippen MR) is 173 cm³/mol. The number of non-ortho nitro benzene ring substituents is 1. The van der Waals surface area contributed by atoms with Crippen LogP contribution in [0.15, 0.2) is 48.5 Å². The maximum Gasteiger partial charge on any atom is 0.269 e. The average Bonchev–Trinajstić information content (AvgIpc) is 3.03. The smallest absolute Gasteiger partial charge is 0.269 e. The van der Waals surface area contributed by atoms with Gasteiger partial charge in [-0.1, -0.05) is 0 Å². The van der Waals surface area contributed by atoms with Crippen molar-refractivity contribution >= 4 is 22.7 Å². The van der Waals surface area contributed by atoms with Crippen LogP contribution >= 0.6 is 0 Å². The maximum atomic E-state index is 10.8. The third-order valence-electron chi connectivity index (χ3n) is 9.59. The first kappa shape index (κ1) is 30.5. The van der Waals surface area contributed by atoms with Gasteiger partial charge in [-0.3, -0.25) is 19.9 Å². The molecule has 6 rings (SSSR count). The maximum absolute atomic E-state index is 10.8. The van der Waals surface area contributed by atoms with Crippen molar-refractivity contribution in [3.8, 4) is 0 Å². The lowest BCUT2D eigenvalue weighted by molar-refractivity contribution is -0.384. The molecule has 0 aromatic heterocycles. The fraction of sp³-hybridized carbons (Fsp3) is 0.625. The number of hydrogen-bond acceptors (Lipinski definition) is 9. The molecule has 42 heavy (non-hydrogen) atoms. The van der Waals surface area contributed by atoms with E-state index in [9.17, 15) is 10.1 Å². The number of nitro benzene ring substituents is 1. The highest BCUT2D eigenvalue weighted by atomic mass is 16.6. The lowest BCUT2D eigenvalue weighted by Crippen LogP contribution is -2.54. The van der Waals surface area contributed by atoms with Crippen LogP contribution in [0.25, 0.3) is 0 Å². The standard InChI is InChI=1S/C16H24N4O2.C16H26N4/c1-17-9-11-18(12-10-17)16-3-2-8-19(13-16)14-4-6-15(7-5-14)20(21)22;1-18-9-11-19(12-10-18)16-3-2-8-20(13-16)15-6-4-14(17)5-7-15/h4-7,16H,2-3,8-13H2,1H3;4-7,16H,2-3,8-13,17H2,1H3. The van der Waals surface area contributed by atoms with E-state index in [1.165, 1.54) is 64.1 Å². The van der Waals surface area contributed by atoms with Gasteiger partial charge >= 0.3 is 0 Å². The Morgan fingerprint density at radius 3 is 1.45 bits per heavy atom. The Bertz CT molecular complexity index is 1110. The van der Waals surface area contributed by atoms with Gasteiger partial charge in [-0.15, -0.1) is 0 Å². The first-order valence-electron chi connectivity index (χ1n) is 15.8. The number of nitrogens with two attached hydrogens (primary N) is 1. The van der Waals surface area contributed by atoms with E-state index < -0.39 is 0 Å². The van der Waals surface area contributed by atoms with Crippen molar-refractivity contribution in [1.82, 2.24) is 19.6 Å². The monoisotopic (exact) mass is 578 g/mol. The van der Waals surface area contributed by atoms with Crippen molar-refractivity contribution in [3.63, 3.8) is 0 Å². The highest BCUT2D eigenvalue weighted by molar-refractivity contribution is 5.53. The van der Waals surface area contributed by atoms with Crippen LogP contribution in [-0.4, -0.2) is 129 Å². The summed E-state index contributed by atoms with van der Waals surface area (Å²) in [5, 5.41) is 10.8. The molecule has 2 aromatic rings. The number of likely N-dealkylation sites (N-methyl/N-ethyl adjacent to an activating group) is 2. The highest BCUT2D eigenvalue weighted by Crippen LogP contribution is 2.26. The third kappa shape index (κ3) is 8.12. The molecule has 4 fully saturated rings. The van der Waals surface area contributed by atoms with Crippen LogP contribution in [0, 0.1) is 10.1 Å². The molecule has 10 nitrogen and oxygen atoms in total. The summed E-state index contributed by atoms with van der Waals surface area (Å²) in [5.41, 5.74) is 9.21. The Kier molecular flexibility index (Phi) is 10.5. The van der Waals surface area contributed by atoms with Crippen LogP contribution in [0.2, 0.25) is 0 Å². The molecule has 0 bridgehead atoms. The molecule has 2 unspecified atom stereocenters. The van der Waals surface area contributed by atoms with Gasteiger partial charge in [0.1, 0.15) is 0 Å². The van der Waals surface area contributed by atoms with Gasteiger partial charge in [0.15, 0.2) is 0 Å². The van der Waals surface area contributed by atoms with E-state index in [1.54, 1.807) is 12.1 Å². The molecule has 4 heterocycles. The van der Waals surface area contributed by atoms with Crippen LogP contribution in [0.5, 0.6) is 0 Å². The van der Waals surface area contributed by atoms with E-state index in [0.29, 0.717) is 6.04 Å². The Hall–Kier alpha value is -2.92. The molecule has 4 aliphatic heterocycles. The van der Waals surface area contributed by atoms with Crippen LogP contribution in [0.3, 0.4) is 0 Å². The quantitative estimate of drug-likeness (QED) is 0.326. The second-order valence-electron chi connectivity index (χ2n) is 12.5. The number of piperidine rings is 2. The fourth-order valence-corrected chi connectivity index (χ4v) is 6.82.